The van der Waals surface area contributed by atoms with Crippen LogP contribution in [-0.4, -0.2) is 51.6 Å². The summed E-state index contributed by atoms with van der Waals surface area (Å²) in [5, 5.41) is 11.3. The molecule has 0 radical (unpaired) electrons. The zero-order chi connectivity index (χ0) is 14.8. The van der Waals surface area contributed by atoms with Crippen molar-refractivity contribution in [2.75, 3.05) is 40.6 Å². The molecule has 0 bridgehead atoms. The molecule has 2 N–H and O–H groups in total. The zero-order valence-electron chi connectivity index (χ0n) is 11.8. The van der Waals surface area contributed by atoms with Crippen molar-refractivity contribution in [1.82, 2.24) is 5.32 Å². The molecule has 0 fully saturated rings. The largest absolute Gasteiger partial charge is 0.493 e. The minimum atomic E-state index is -0.0928. The number of aliphatic hydroxyl groups is 1. The van der Waals surface area contributed by atoms with Crippen LogP contribution in [0.4, 0.5) is 0 Å². The first-order chi connectivity index (χ1) is 9.71. The van der Waals surface area contributed by atoms with Crippen LogP contribution < -0.4 is 14.8 Å². The number of carbonyl (C=O) groups is 1. The fourth-order valence-electron chi connectivity index (χ4n) is 1.67. The molecular formula is C14H21NO5. The molecule has 1 rings (SSSR count). The number of hydrogen-bond donors (Lipinski definition) is 2. The van der Waals surface area contributed by atoms with Crippen molar-refractivity contribution in [2.24, 2.45) is 0 Å². The minimum Gasteiger partial charge on any atom is -0.493 e. The van der Waals surface area contributed by atoms with Gasteiger partial charge in [0.1, 0.15) is 0 Å². The van der Waals surface area contributed by atoms with E-state index >= 15 is 0 Å². The summed E-state index contributed by atoms with van der Waals surface area (Å²) in [6, 6.07) is 5.37. The topological polar surface area (TPSA) is 77.0 Å². The van der Waals surface area contributed by atoms with Crippen LogP contribution in [0.3, 0.4) is 0 Å². The van der Waals surface area contributed by atoms with Gasteiger partial charge in [0.05, 0.1) is 40.5 Å². The highest BCUT2D eigenvalue weighted by atomic mass is 16.5. The van der Waals surface area contributed by atoms with Crippen LogP contribution in [0.1, 0.15) is 5.56 Å². The van der Waals surface area contributed by atoms with E-state index in [1.54, 1.807) is 26.4 Å². The SMILES string of the molecule is COc1ccc(CC(=O)NCCOCCO)cc1OC. The van der Waals surface area contributed by atoms with Crippen molar-refractivity contribution < 1.29 is 24.1 Å². The van der Waals surface area contributed by atoms with Crippen molar-refractivity contribution in [1.29, 1.82) is 0 Å². The second kappa shape index (κ2) is 9.17. The molecule has 1 aromatic carbocycles. The Hall–Kier alpha value is -1.79. The highest BCUT2D eigenvalue weighted by Crippen LogP contribution is 2.27. The van der Waals surface area contributed by atoms with Crippen molar-refractivity contribution in [2.45, 2.75) is 6.42 Å². The Bertz CT molecular complexity index is 422. The molecule has 0 saturated carbocycles. The number of carbonyl (C=O) groups excluding carboxylic acids is 1. The Labute approximate surface area is 118 Å². The lowest BCUT2D eigenvalue weighted by atomic mass is 10.1. The summed E-state index contributed by atoms with van der Waals surface area (Å²) in [6.07, 6.45) is 0.264. The zero-order valence-corrected chi connectivity index (χ0v) is 11.8. The van der Waals surface area contributed by atoms with E-state index in [-0.39, 0.29) is 25.5 Å². The molecular weight excluding hydrogens is 262 g/mol. The molecule has 0 saturated heterocycles. The second-order valence-electron chi connectivity index (χ2n) is 4.05. The third kappa shape index (κ3) is 5.46. The summed E-state index contributed by atoms with van der Waals surface area (Å²) in [7, 11) is 3.12. The third-order valence-corrected chi connectivity index (χ3v) is 2.62. The van der Waals surface area contributed by atoms with Crippen molar-refractivity contribution in [3.63, 3.8) is 0 Å². The molecule has 0 aromatic heterocycles. The fourth-order valence-corrected chi connectivity index (χ4v) is 1.67. The van der Waals surface area contributed by atoms with Crippen LogP contribution in [0.25, 0.3) is 0 Å². The predicted octanol–water partition coefficient (Wildman–Crippen LogP) is 0.371. The van der Waals surface area contributed by atoms with Gasteiger partial charge in [0.2, 0.25) is 5.91 Å². The van der Waals surface area contributed by atoms with Gasteiger partial charge in [-0.25, -0.2) is 0 Å². The van der Waals surface area contributed by atoms with Gasteiger partial charge in [-0.1, -0.05) is 6.07 Å². The first-order valence-electron chi connectivity index (χ1n) is 6.37. The molecule has 6 nitrogen and oxygen atoms in total. The number of amides is 1. The van der Waals surface area contributed by atoms with Crippen molar-refractivity contribution in [3.05, 3.63) is 23.8 Å². The molecule has 1 aromatic rings. The average Bonchev–Trinajstić information content (AvgIpc) is 2.46. The molecule has 0 aliphatic rings. The van der Waals surface area contributed by atoms with Crippen LogP contribution in [-0.2, 0) is 16.0 Å². The molecule has 0 heterocycles. The lowest BCUT2D eigenvalue weighted by molar-refractivity contribution is -0.120. The van der Waals surface area contributed by atoms with Gasteiger partial charge in [0.25, 0.3) is 0 Å². The summed E-state index contributed by atoms with van der Waals surface area (Å²) in [4.78, 5) is 11.7. The van der Waals surface area contributed by atoms with Crippen LogP contribution in [0, 0.1) is 0 Å². The first-order valence-corrected chi connectivity index (χ1v) is 6.37. The molecule has 0 aliphatic carbocycles. The molecule has 1 amide bonds. The third-order valence-electron chi connectivity index (χ3n) is 2.62. The maximum Gasteiger partial charge on any atom is 0.224 e. The Kier molecular flexibility index (Phi) is 7.46. The van der Waals surface area contributed by atoms with Crippen LogP contribution in [0.15, 0.2) is 18.2 Å². The molecule has 0 unspecified atom stereocenters. The van der Waals surface area contributed by atoms with E-state index in [0.717, 1.165) is 5.56 Å². The summed E-state index contributed by atoms with van der Waals surface area (Å²) in [6.45, 7) is 1.08. The van der Waals surface area contributed by atoms with Crippen molar-refractivity contribution >= 4 is 5.91 Å². The Morgan fingerprint density at radius 3 is 2.60 bits per heavy atom. The molecule has 6 heteroatoms. The number of rotatable bonds is 9. The van der Waals surface area contributed by atoms with Gasteiger partial charge in [0.15, 0.2) is 11.5 Å². The van der Waals surface area contributed by atoms with E-state index in [1.165, 1.54) is 0 Å². The highest BCUT2D eigenvalue weighted by molar-refractivity contribution is 5.78. The summed E-state index contributed by atoms with van der Waals surface area (Å²) in [5.74, 6) is 1.14. The molecule has 20 heavy (non-hydrogen) atoms. The number of hydrogen-bond acceptors (Lipinski definition) is 5. The van der Waals surface area contributed by atoms with Crippen LogP contribution in [0.2, 0.25) is 0 Å². The van der Waals surface area contributed by atoms with Crippen LogP contribution >= 0.6 is 0 Å². The maximum absolute atomic E-state index is 11.7. The summed E-state index contributed by atoms with van der Waals surface area (Å²) in [5.41, 5.74) is 0.844. The van der Waals surface area contributed by atoms with Gasteiger partial charge in [-0.3, -0.25) is 4.79 Å². The Morgan fingerprint density at radius 1 is 1.20 bits per heavy atom. The predicted molar refractivity (Wildman–Crippen MR) is 74.2 cm³/mol. The number of methoxy groups -OCH3 is 2. The van der Waals surface area contributed by atoms with Gasteiger partial charge in [-0.05, 0) is 17.7 Å². The number of ether oxygens (including phenoxy) is 3. The maximum atomic E-state index is 11.7. The van der Waals surface area contributed by atoms with E-state index < -0.39 is 0 Å². The Balaban J connectivity index is 2.41. The average molecular weight is 283 g/mol. The van der Waals surface area contributed by atoms with Crippen LogP contribution in [0.5, 0.6) is 11.5 Å². The van der Waals surface area contributed by atoms with E-state index in [9.17, 15) is 4.79 Å². The van der Waals surface area contributed by atoms with Gasteiger partial charge in [-0.2, -0.15) is 0 Å². The van der Waals surface area contributed by atoms with E-state index in [2.05, 4.69) is 5.32 Å². The van der Waals surface area contributed by atoms with Gasteiger partial charge in [-0.15, -0.1) is 0 Å². The van der Waals surface area contributed by atoms with Crippen molar-refractivity contribution in [3.8, 4) is 11.5 Å². The lowest BCUT2D eigenvalue weighted by Gasteiger charge is -2.10. The summed E-state index contributed by atoms with van der Waals surface area (Å²) >= 11 is 0. The number of nitrogens with one attached hydrogen (secondary N) is 1. The number of aliphatic hydroxyl groups excluding tert-OH is 1. The number of benzene rings is 1. The highest BCUT2D eigenvalue weighted by Gasteiger charge is 2.07. The fraction of sp³-hybridized carbons (Fsp3) is 0.500. The molecule has 0 spiro atoms. The molecule has 0 atom stereocenters. The van der Waals surface area contributed by atoms with Gasteiger partial charge < -0.3 is 24.6 Å². The quantitative estimate of drug-likeness (QED) is 0.640. The molecule has 0 aliphatic heterocycles. The Morgan fingerprint density at radius 2 is 1.95 bits per heavy atom. The smallest absolute Gasteiger partial charge is 0.224 e. The summed E-state index contributed by atoms with van der Waals surface area (Å²) < 4.78 is 15.4. The lowest BCUT2D eigenvalue weighted by Crippen LogP contribution is -2.28. The second-order valence-corrected chi connectivity index (χ2v) is 4.05. The van der Waals surface area contributed by atoms with E-state index in [4.69, 9.17) is 19.3 Å². The minimum absolute atomic E-state index is 0.0143. The molecule has 112 valence electrons. The van der Waals surface area contributed by atoms with E-state index in [0.29, 0.717) is 24.7 Å². The normalized spacial score (nSPS) is 10.2. The van der Waals surface area contributed by atoms with E-state index in [1.807, 2.05) is 6.07 Å². The van der Waals surface area contributed by atoms with Gasteiger partial charge in [0, 0.05) is 6.54 Å². The monoisotopic (exact) mass is 283 g/mol. The van der Waals surface area contributed by atoms with Gasteiger partial charge >= 0.3 is 0 Å². The first kappa shape index (κ1) is 16.3. The standard InChI is InChI=1S/C14H21NO5/c1-18-12-4-3-11(9-13(12)19-2)10-14(17)15-5-7-20-8-6-16/h3-4,9,16H,5-8,10H2,1-2H3,(H,15,17).